The minimum absolute atomic E-state index is 0.210. The Morgan fingerprint density at radius 3 is 2.37 bits per heavy atom. The van der Waals surface area contributed by atoms with Crippen molar-refractivity contribution in [1.82, 2.24) is 0 Å². The molecule has 1 rings (SSSR count). The molecule has 1 aromatic carbocycles. The minimum Gasteiger partial charge on any atom is -0.507 e. The number of hydrogen-bond acceptors (Lipinski definition) is 4. The van der Waals surface area contributed by atoms with Crippen molar-refractivity contribution in [3.63, 3.8) is 0 Å². The molecule has 0 aliphatic carbocycles. The maximum absolute atomic E-state index is 11.8. The third kappa shape index (κ3) is 4.03. The smallest absolute Gasteiger partial charge is 0.164 e. The van der Waals surface area contributed by atoms with E-state index in [0.717, 1.165) is 6.08 Å². The van der Waals surface area contributed by atoms with Gasteiger partial charge < -0.3 is 10.2 Å². The summed E-state index contributed by atoms with van der Waals surface area (Å²) in [6.45, 7) is 5.01. The number of aliphatic hydroxyl groups excluding tert-OH is 2. The maximum Gasteiger partial charge on any atom is 0.164 e. The van der Waals surface area contributed by atoms with Crippen LogP contribution in [0.1, 0.15) is 42.3 Å². The molecular weight excluding hydrogens is 244 g/mol. The highest BCUT2D eigenvalue weighted by atomic mass is 16.3. The molecule has 2 N–H and O–H groups in total. The van der Waals surface area contributed by atoms with Gasteiger partial charge in [-0.15, -0.1) is 0 Å². The number of aliphatic hydroxyl groups is 2. The predicted octanol–water partition coefficient (Wildman–Crippen LogP) is 2.51. The lowest BCUT2D eigenvalue weighted by Gasteiger charge is -2.14. The average molecular weight is 262 g/mol. The molecule has 0 radical (unpaired) electrons. The number of hydrogen-bond donors (Lipinski definition) is 2. The topological polar surface area (TPSA) is 74.6 Å². The first-order chi connectivity index (χ1) is 8.77. The van der Waals surface area contributed by atoms with Gasteiger partial charge in [0.15, 0.2) is 5.78 Å². The monoisotopic (exact) mass is 262 g/mol. The zero-order chi connectivity index (χ0) is 14.6. The first kappa shape index (κ1) is 15.1. The second-order valence-electron chi connectivity index (χ2n) is 5.38. The highest BCUT2D eigenvalue weighted by Gasteiger charge is 2.20. The van der Waals surface area contributed by atoms with Gasteiger partial charge in [-0.25, -0.2) is 0 Å². The molecule has 4 heteroatoms. The number of ketones is 1. The number of benzene rings is 1. The Morgan fingerprint density at radius 1 is 1.26 bits per heavy atom. The van der Waals surface area contributed by atoms with Crippen LogP contribution in [0, 0.1) is 5.41 Å². The van der Waals surface area contributed by atoms with E-state index in [-0.39, 0.29) is 18.1 Å². The molecule has 4 nitrogen and oxygen atoms in total. The molecule has 0 fully saturated rings. The normalized spacial score (nSPS) is 12.3. The van der Waals surface area contributed by atoms with Crippen molar-refractivity contribution in [1.29, 1.82) is 0 Å². The molecule has 102 valence electrons. The van der Waals surface area contributed by atoms with Crippen molar-refractivity contribution >= 4 is 17.8 Å². The number of rotatable bonds is 4. The molecule has 0 bridgehead atoms. The lowest BCUT2D eigenvalue weighted by atomic mass is 9.90. The van der Waals surface area contributed by atoms with Crippen LogP contribution >= 0.6 is 0 Å². The molecular formula is C15H18O4. The van der Waals surface area contributed by atoms with Crippen LogP contribution < -0.4 is 0 Å². The quantitative estimate of drug-likeness (QED) is 0.496. The highest BCUT2D eigenvalue weighted by molar-refractivity contribution is 5.99. The van der Waals surface area contributed by atoms with Gasteiger partial charge >= 0.3 is 0 Å². The molecule has 0 aliphatic rings. The van der Waals surface area contributed by atoms with E-state index in [0.29, 0.717) is 23.0 Å². The first-order valence-electron chi connectivity index (χ1n) is 5.93. The highest BCUT2D eigenvalue weighted by Crippen LogP contribution is 2.20. The van der Waals surface area contributed by atoms with Gasteiger partial charge in [0.05, 0.1) is 6.61 Å². The van der Waals surface area contributed by atoms with Gasteiger partial charge in [-0.05, 0) is 23.8 Å². The van der Waals surface area contributed by atoms with E-state index < -0.39 is 5.41 Å². The molecule has 0 atom stereocenters. The maximum atomic E-state index is 11.8. The molecule has 19 heavy (non-hydrogen) atoms. The second-order valence-corrected chi connectivity index (χ2v) is 5.38. The number of carbonyl (C=O) groups is 2. The molecule has 0 aromatic heterocycles. The van der Waals surface area contributed by atoms with Gasteiger partial charge in [0.1, 0.15) is 12.0 Å². The van der Waals surface area contributed by atoms with E-state index in [9.17, 15) is 14.7 Å². The standard InChI is InChI=1S/C15H18O4/c1-15(2,3)14(19)7-13(18)12-5-10(8-16)4-11(6-12)9-17/h4-8,17-18H,9H2,1-3H3/b13-7-. The van der Waals surface area contributed by atoms with Crippen LogP contribution in [0.15, 0.2) is 24.3 Å². The Morgan fingerprint density at radius 2 is 1.89 bits per heavy atom. The Hall–Kier alpha value is -1.94. The van der Waals surface area contributed by atoms with Crippen LogP contribution in [0.2, 0.25) is 0 Å². The summed E-state index contributed by atoms with van der Waals surface area (Å²) in [4.78, 5) is 22.6. The Balaban J connectivity index is 3.19. The molecule has 0 heterocycles. The van der Waals surface area contributed by atoms with Crippen molar-refractivity contribution in [3.8, 4) is 0 Å². The zero-order valence-corrected chi connectivity index (χ0v) is 11.3. The summed E-state index contributed by atoms with van der Waals surface area (Å²) in [6.07, 6.45) is 1.77. The van der Waals surface area contributed by atoms with Crippen LogP contribution in [0.5, 0.6) is 0 Å². The molecule has 0 saturated carbocycles. The second kappa shape index (κ2) is 5.80. The zero-order valence-electron chi connectivity index (χ0n) is 11.3. The van der Waals surface area contributed by atoms with Crippen molar-refractivity contribution in [2.45, 2.75) is 27.4 Å². The third-order valence-electron chi connectivity index (χ3n) is 2.64. The fourth-order valence-electron chi connectivity index (χ4n) is 1.45. The molecule has 1 aromatic rings. The van der Waals surface area contributed by atoms with Crippen LogP contribution in [0.25, 0.3) is 5.76 Å². The summed E-state index contributed by atoms with van der Waals surface area (Å²) < 4.78 is 0. The van der Waals surface area contributed by atoms with Gasteiger partial charge in [0, 0.05) is 22.6 Å². The van der Waals surface area contributed by atoms with E-state index in [2.05, 4.69) is 0 Å². The van der Waals surface area contributed by atoms with Crippen molar-refractivity contribution in [2.75, 3.05) is 0 Å². The van der Waals surface area contributed by atoms with Gasteiger partial charge in [0.2, 0.25) is 0 Å². The Labute approximate surface area is 112 Å². The fraction of sp³-hybridized carbons (Fsp3) is 0.333. The lowest BCUT2D eigenvalue weighted by Crippen LogP contribution is -2.17. The SMILES string of the molecule is CC(C)(C)C(=O)/C=C(\O)c1cc(C=O)cc(CO)c1. The van der Waals surface area contributed by atoms with E-state index in [4.69, 9.17) is 5.11 Å². The van der Waals surface area contributed by atoms with Crippen molar-refractivity contribution < 1.29 is 19.8 Å². The van der Waals surface area contributed by atoms with E-state index in [1.165, 1.54) is 18.2 Å². The lowest BCUT2D eigenvalue weighted by molar-refractivity contribution is -0.121. The number of allylic oxidation sites excluding steroid dienone is 1. The Bertz CT molecular complexity index is 521. The Kier molecular flexibility index (Phi) is 4.62. The third-order valence-corrected chi connectivity index (χ3v) is 2.64. The van der Waals surface area contributed by atoms with Crippen molar-refractivity contribution in [3.05, 3.63) is 41.0 Å². The van der Waals surface area contributed by atoms with Gasteiger partial charge in [0.25, 0.3) is 0 Å². The summed E-state index contributed by atoms with van der Waals surface area (Å²) in [5.74, 6) is -0.426. The van der Waals surface area contributed by atoms with Crippen LogP contribution in [0.4, 0.5) is 0 Å². The van der Waals surface area contributed by atoms with E-state index in [1.54, 1.807) is 20.8 Å². The summed E-state index contributed by atoms with van der Waals surface area (Å²) in [7, 11) is 0. The molecule has 0 aliphatic heterocycles. The molecule has 0 spiro atoms. The van der Waals surface area contributed by atoms with Gasteiger partial charge in [-0.3, -0.25) is 9.59 Å². The molecule has 0 unspecified atom stereocenters. The largest absolute Gasteiger partial charge is 0.507 e. The van der Waals surface area contributed by atoms with Crippen LogP contribution in [0.3, 0.4) is 0 Å². The minimum atomic E-state index is -0.587. The predicted molar refractivity (Wildman–Crippen MR) is 72.8 cm³/mol. The number of aldehydes is 1. The fourth-order valence-corrected chi connectivity index (χ4v) is 1.45. The van der Waals surface area contributed by atoms with E-state index in [1.807, 2.05) is 0 Å². The van der Waals surface area contributed by atoms with Crippen molar-refractivity contribution in [2.24, 2.45) is 5.41 Å². The summed E-state index contributed by atoms with van der Waals surface area (Å²) in [5, 5.41) is 19.0. The van der Waals surface area contributed by atoms with Crippen LogP contribution in [-0.2, 0) is 11.4 Å². The number of carbonyl (C=O) groups excluding carboxylic acids is 2. The first-order valence-corrected chi connectivity index (χ1v) is 5.93. The van der Waals surface area contributed by atoms with E-state index >= 15 is 0 Å². The summed E-state index contributed by atoms with van der Waals surface area (Å²) in [5.41, 5.74) is 0.592. The van der Waals surface area contributed by atoms with Crippen LogP contribution in [-0.4, -0.2) is 22.3 Å². The van der Waals surface area contributed by atoms with Gasteiger partial charge in [-0.2, -0.15) is 0 Å². The molecule has 0 saturated heterocycles. The van der Waals surface area contributed by atoms with Gasteiger partial charge in [-0.1, -0.05) is 20.8 Å². The summed E-state index contributed by atoms with van der Waals surface area (Å²) in [6, 6.07) is 4.53. The average Bonchev–Trinajstić information content (AvgIpc) is 2.36. The summed E-state index contributed by atoms with van der Waals surface area (Å²) >= 11 is 0. The molecule has 0 amide bonds.